The SMILES string of the molecule is CCN(CC)S(=O)(=O)c1ccc(C(=O)N[C@@H](C)CCC(C)C)cc1. The molecule has 24 heavy (non-hydrogen) atoms. The third-order valence-corrected chi connectivity index (χ3v) is 6.08. The molecule has 0 radical (unpaired) electrons. The van der Waals surface area contributed by atoms with Gasteiger partial charge in [0.1, 0.15) is 0 Å². The highest BCUT2D eigenvalue weighted by Crippen LogP contribution is 2.16. The summed E-state index contributed by atoms with van der Waals surface area (Å²) in [5, 5.41) is 2.96. The average molecular weight is 355 g/mol. The largest absolute Gasteiger partial charge is 0.350 e. The molecule has 0 saturated carbocycles. The van der Waals surface area contributed by atoms with Crippen molar-refractivity contribution in [2.75, 3.05) is 13.1 Å². The van der Waals surface area contributed by atoms with Gasteiger partial charge in [0.25, 0.3) is 5.91 Å². The van der Waals surface area contributed by atoms with Gasteiger partial charge >= 0.3 is 0 Å². The number of rotatable bonds is 9. The number of amides is 1. The van der Waals surface area contributed by atoms with E-state index < -0.39 is 10.0 Å². The van der Waals surface area contributed by atoms with Gasteiger partial charge in [-0.15, -0.1) is 0 Å². The molecule has 5 nitrogen and oxygen atoms in total. The van der Waals surface area contributed by atoms with Crippen molar-refractivity contribution in [3.8, 4) is 0 Å². The van der Waals surface area contributed by atoms with Crippen LogP contribution in [0.2, 0.25) is 0 Å². The van der Waals surface area contributed by atoms with Crippen LogP contribution in [0.15, 0.2) is 29.2 Å². The van der Waals surface area contributed by atoms with Crippen LogP contribution in [0.25, 0.3) is 0 Å². The van der Waals surface area contributed by atoms with Gasteiger partial charge in [0, 0.05) is 24.7 Å². The van der Waals surface area contributed by atoms with Crippen molar-refractivity contribution in [3.63, 3.8) is 0 Å². The van der Waals surface area contributed by atoms with Gasteiger partial charge in [0.05, 0.1) is 4.90 Å². The van der Waals surface area contributed by atoms with Gasteiger partial charge in [-0.2, -0.15) is 4.31 Å². The van der Waals surface area contributed by atoms with Crippen LogP contribution in [-0.2, 0) is 10.0 Å². The standard InChI is InChI=1S/C18H30N2O3S/c1-6-20(7-2)24(22,23)17-12-10-16(11-13-17)18(21)19-15(5)9-8-14(3)4/h10-15H,6-9H2,1-5H3,(H,19,21)/t15-/m0/s1. The number of nitrogens with zero attached hydrogens (tertiary/aromatic N) is 1. The zero-order valence-corrected chi connectivity index (χ0v) is 16.2. The maximum absolute atomic E-state index is 12.4. The highest BCUT2D eigenvalue weighted by Gasteiger charge is 2.21. The monoisotopic (exact) mass is 354 g/mol. The van der Waals surface area contributed by atoms with E-state index >= 15 is 0 Å². The Kier molecular flexibility index (Phi) is 7.90. The van der Waals surface area contributed by atoms with Crippen molar-refractivity contribution in [2.45, 2.75) is 58.4 Å². The van der Waals surface area contributed by atoms with Crippen molar-refractivity contribution in [1.82, 2.24) is 9.62 Å². The highest BCUT2D eigenvalue weighted by molar-refractivity contribution is 7.89. The fourth-order valence-corrected chi connectivity index (χ4v) is 3.91. The maximum atomic E-state index is 12.4. The molecule has 1 atom stereocenters. The molecule has 0 unspecified atom stereocenters. The van der Waals surface area contributed by atoms with E-state index in [1.54, 1.807) is 26.0 Å². The molecular weight excluding hydrogens is 324 g/mol. The fraction of sp³-hybridized carbons (Fsp3) is 0.611. The van der Waals surface area contributed by atoms with Crippen molar-refractivity contribution in [1.29, 1.82) is 0 Å². The molecule has 1 aromatic rings. The lowest BCUT2D eigenvalue weighted by atomic mass is 10.0. The molecule has 0 aliphatic carbocycles. The molecule has 0 aliphatic heterocycles. The minimum Gasteiger partial charge on any atom is -0.350 e. The molecule has 0 fully saturated rings. The smallest absolute Gasteiger partial charge is 0.251 e. The number of sulfonamides is 1. The van der Waals surface area contributed by atoms with Gasteiger partial charge in [-0.3, -0.25) is 4.79 Å². The maximum Gasteiger partial charge on any atom is 0.251 e. The van der Waals surface area contributed by atoms with Crippen LogP contribution in [-0.4, -0.2) is 37.8 Å². The lowest BCUT2D eigenvalue weighted by Gasteiger charge is -2.18. The van der Waals surface area contributed by atoms with Gasteiger partial charge in [-0.1, -0.05) is 27.7 Å². The average Bonchev–Trinajstić information content (AvgIpc) is 2.54. The molecule has 0 spiro atoms. The van der Waals surface area contributed by atoms with Crippen LogP contribution in [0.5, 0.6) is 0 Å². The Morgan fingerprint density at radius 1 is 1.04 bits per heavy atom. The Balaban J connectivity index is 2.78. The van der Waals surface area contributed by atoms with Crippen molar-refractivity contribution in [2.24, 2.45) is 5.92 Å². The lowest BCUT2D eigenvalue weighted by molar-refractivity contribution is 0.0937. The Morgan fingerprint density at radius 2 is 1.58 bits per heavy atom. The molecule has 6 heteroatoms. The quantitative estimate of drug-likeness (QED) is 0.740. The van der Waals surface area contributed by atoms with E-state index in [1.165, 1.54) is 16.4 Å². The Hall–Kier alpha value is -1.40. The van der Waals surface area contributed by atoms with Crippen LogP contribution >= 0.6 is 0 Å². The van der Waals surface area contributed by atoms with E-state index in [0.29, 0.717) is 24.6 Å². The van der Waals surface area contributed by atoms with Crippen molar-refractivity contribution >= 4 is 15.9 Å². The van der Waals surface area contributed by atoms with Crippen LogP contribution in [0.3, 0.4) is 0 Å². The molecule has 1 amide bonds. The van der Waals surface area contributed by atoms with Crippen LogP contribution in [0, 0.1) is 5.92 Å². The second-order valence-electron chi connectivity index (χ2n) is 6.46. The van der Waals surface area contributed by atoms with Gasteiger partial charge < -0.3 is 5.32 Å². The third-order valence-electron chi connectivity index (χ3n) is 4.01. The van der Waals surface area contributed by atoms with Gasteiger partial charge in [-0.05, 0) is 49.9 Å². The van der Waals surface area contributed by atoms with E-state index in [0.717, 1.165) is 12.8 Å². The van der Waals surface area contributed by atoms with Crippen LogP contribution in [0.1, 0.15) is 57.8 Å². The molecule has 0 saturated heterocycles. The Morgan fingerprint density at radius 3 is 2.04 bits per heavy atom. The van der Waals surface area contributed by atoms with E-state index in [4.69, 9.17) is 0 Å². The first-order valence-electron chi connectivity index (χ1n) is 8.63. The normalized spacial score (nSPS) is 13.3. The predicted molar refractivity (Wildman–Crippen MR) is 97.5 cm³/mol. The number of benzene rings is 1. The van der Waals surface area contributed by atoms with Crippen molar-refractivity contribution in [3.05, 3.63) is 29.8 Å². The van der Waals surface area contributed by atoms with Crippen LogP contribution < -0.4 is 5.32 Å². The van der Waals surface area contributed by atoms with Crippen molar-refractivity contribution < 1.29 is 13.2 Å². The van der Waals surface area contributed by atoms with Gasteiger partial charge in [0.2, 0.25) is 10.0 Å². The summed E-state index contributed by atoms with van der Waals surface area (Å²) in [4.78, 5) is 12.5. The third kappa shape index (κ3) is 5.60. The van der Waals surface area contributed by atoms with E-state index in [-0.39, 0.29) is 16.8 Å². The zero-order valence-electron chi connectivity index (χ0n) is 15.4. The topological polar surface area (TPSA) is 66.5 Å². The first-order valence-corrected chi connectivity index (χ1v) is 10.1. The summed E-state index contributed by atoms with van der Waals surface area (Å²) >= 11 is 0. The molecule has 136 valence electrons. The first-order chi connectivity index (χ1) is 11.2. The molecule has 1 rings (SSSR count). The molecular formula is C18H30N2O3S. The predicted octanol–water partition coefficient (Wildman–Crippen LogP) is 3.27. The lowest BCUT2D eigenvalue weighted by Crippen LogP contribution is -2.33. The van der Waals surface area contributed by atoms with E-state index in [2.05, 4.69) is 19.2 Å². The summed E-state index contributed by atoms with van der Waals surface area (Å²) in [5.74, 6) is 0.437. The molecule has 0 heterocycles. The summed E-state index contributed by atoms with van der Waals surface area (Å²) in [7, 11) is -3.48. The second-order valence-corrected chi connectivity index (χ2v) is 8.40. The zero-order chi connectivity index (χ0) is 18.3. The summed E-state index contributed by atoms with van der Waals surface area (Å²) in [6, 6.07) is 6.24. The van der Waals surface area contributed by atoms with Gasteiger partial charge in [0.15, 0.2) is 0 Å². The minimum absolute atomic E-state index is 0.0963. The summed E-state index contributed by atoms with van der Waals surface area (Å²) in [6.07, 6.45) is 1.99. The number of carbonyl (C=O) groups is 1. The highest BCUT2D eigenvalue weighted by atomic mass is 32.2. The molecule has 0 aromatic heterocycles. The molecule has 1 N–H and O–H groups in total. The number of nitrogens with one attached hydrogen (secondary N) is 1. The van der Waals surface area contributed by atoms with E-state index in [1.807, 2.05) is 6.92 Å². The number of hydrogen-bond acceptors (Lipinski definition) is 3. The minimum atomic E-state index is -3.48. The molecule has 1 aromatic carbocycles. The summed E-state index contributed by atoms with van der Waals surface area (Å²) < 4.78 is 26.3. The molecule has 0 aliphatic rings. The summed E-state index contributed by atoms with van der Waals surface area (Å²) in [6.45, 7) is 10.8. The number of carbonyl (C=O) groups excluding carboxylic acids is 1. The van der Waals surface area contributed by atoms with E-state index in [9.17, 15) is 13.2 Å². The summed E-state index contributed by atoms with van der Waals surface area (Å²) in [5.41, 5.74) is 0.477. The van der Waals surface area contributed by atoms with Gasteiger partial charge in [-0.25, -0.2) is 8.42 Å². The molecule has 0 bridgehead atoms. The van der Waals surface area contributed by atoms with Crippen LogP contribution in [0.4, 0.5) is 0 Å². The fourth-order valence-electron chi connectivity index (χ4n) is 2.45. The Bertz CT molecular complexity index is 620. The second kappa shape index (κ2) is 9.18. The Labute approximate surface area is 146 Å². The first kappa shape index (κ1) is 20.6. The number of hydrogen-bond donors (Lipinski definition) is 1.